The van der Waals surface area contributed by atoms with Crippen molar-refractivity contribution in [3.05, 3.63) is 41.9 Å². The number of imidazole rings is 1. The van der Waals surface area contributed by atoms with Crippen molar-refractivity contribution < 1.29 is 0 Å². The standard InChI is InChI=1S/C18H27N3/c1-13(2)17-18(15-9-6-5-7-10-15)21-16(20-17)11-8-12-19-14(3)4/h5-7,9-10,13-14,19H,8,11-12H2,1-4H3,(H,20,21). The summed E-state index contributed by atoms with van der Waals surface area (Å²) in [4.78, 5) is 8.36. The molecule has 3 heteroatoms. The van der Waals surface area contributed by atoms with Gasteiger partial charge in [0.1, 0.15) is 5.82 Å². The van der Waals surface area contributed by atoms with Gasteiger partial charge in [-0.15, -0.1) is 0 Å². The third-order valence-corrected chi connectivity index (χ3v) is 3.55. The van der Waals surface area contributed by atoms with Gasteiger partial charge >= 0.3 is 0 Å². The Morgan fingerprint density at radius 2 is 1.81 bits per heavy atom. The number of aromatic amines is 1. The quantitative estimate of drug-likeness (QED) is 0.751. The lowest BCUT2D eigenvalue weighted by atomic mass is 10.0. The smallest absolute Gasteiger partial charge is 0.107 e. The van der Waals surface area contributed by atoms with Crippen molar-refractivity contribution >= 4 is 0 Å². The summed E-state index contributed by atoms with van der Waals surface area (Å²) >= 11 is 0. The van der Waals surface area contributed by atoms with Crippen LogP contribution in [0.5, 0.6) is 0 Å². The van der Waals surface area contributed by atoms with Crippen molar-refractivity contribution in [2.24, 2.45) is 0 Å². The molecule has 0 atom stereocenters. The van der Waals surface area contributed by atoms with E-state index in [-0.39, 0.29) is 0 Å². The molecule has 0 aliphatic heterocycles. The average Bonchev–Trinajstić information content (AvgIpc) is 2.89. The van der Waals surface area contributed by atoms with Gasteiger partial charge in [-0.2, -0.15) is 0 Å². The van der Waals surface area contributed by atoms with Gasteiger partial charge in [0.25, 0.3) is 0 Å². The van der Waals surface area contributed by atoms with Crippen LogP contribution in [0.15, 0.2) is 30.3 Å². The first-order chi connectivity index (χ1) is 10.1. The molecule has 3 nitrogen and oxygen atoms in total. The highest BCUT2D eigenvalue weighted by Crippen LogP contribution is 2.27. The van der Waals surface area contributed by atoms with E-state index in [9.17, 15) is 0 Å². The van der Waals surface area contributed by atoms with Crippen LogP contribution in [-0.2, 0) is 6.42 Å². The zero-order chi connectivity index (χ0) is 15.2. The Morgan fingerprint density at radius 3 is 2.43 bits per heavy atom. The van der Waals surface area contributed by atoms with E-state index in [1.165, 1.54) is 11.3 Å². The summed E-state index contributed by atoms with van der Waals surface area (Å²) in [6, 6.07) is 11.0. The fourth-order valence-corrected chi connectivity index (χ4v) is 2.44. The number of nitrogens with zero attached hydrogens (tertiary/aromatic N) is 1. The molecule has 1 aromatic carbocycles. The molecule has 0 fully saturated rings. The zero-order valence-corrected chi connectivity index (χ0v) is 13.6. The Balaban J connectivity index is 2.11. The summed E-state index contributed by atoms with van der Waals surface area (Å²) in [5.74, 6) is 1.55. The second-order valence-corrected chi connectivity index (χ2v) is 6.18. The number of H-pyrrole nitrogens is 1. The lowest BCUT2D eigenvalue weighted by molar-refractivity contribution is 0.566. The molecule has 21 heavy (non-hydrogen) atoms. The summed E-state index contributed by atoms with van der Waals surface area (Å²) in [7, 11) is 0. The first-order valence-corrected chi connectivity index (χ1v) is 7.95. The molecule has 0 amide bonds. The van der Waals surface area contributed by atoms with Crippen molar-refractivity contribution in [1.82, 2.24) is 15.3 Å². The van der Waals surface area contributed by atoms with Gasteiger partial charge in [0.05, 0.1) is 5.69 Å². The maximum atomic E-state index is 4.84. The van der Waals surface area contributed by atoms with Crippen LogP contribution in [0.1, 0.15) is 51.6 Å². The second-order valence-electron chi connectivity index (χ2n) is 6.18. The van der Waals surface area contributed by atoms with Gasteiger partial charge in [0.2, 0.25) is 0 Å². The minimum atomic E-state index is 0.454. The number of aryl methyl sites for hydroxylation is 1. The lowest BCUT2D eigenvalue weighted by Gasteiger charge is -2.06. The Kier molecular flexibility index (Phi) is 5.57. The molecule has 1 aromatic heterocycles. The normalized spacial score (nSPS) is 11.5. The number of nitrogens with one attached hydrogen (secondary N) is 2. The summed E-state index contributed by atoms with van der Waals surface area (Å²) in [6.07, 6.45) is 2.10. The van der Waals surface area contributed by atoms with Gasteiger partial charge in [-0.05, 0) is 18.9 Å². The Labute approximate surface area is 128 Å². The maximum absolute atomic E-state index is 4.84. The number of hydrogen-bond acceptors (Lipinski definition) is 2. The van der Waals surface area contributed by atoms with Crippen LogP contribution in [0.2, 0.25) is 0 Å². The third kappa shape index (κ3) is 4.43. The number of aromatic nitrogens is 2. The fourth-order valence-electron chi connectivity index (χ4n) is 2.44. The first kappa shape index (κ1) is 15.8. The number of benzene rings is 1. The van der Waals surface area contributed by atoms with E-state index >= 15 is 0 Å². The average molecular weight is 285 g/mol. The summed E-state index contributed by atoms with van der Waals surface area (Å²) in [5, 5.41) is 3.45. The van der Waals surface area contributed by atoms with Crippen LogP contribution < -0.4 is 5.32 Å². The van der Waals surface area contributed by atoms with E-state index < -0.39 is 0 Å². The van der Waals surface area contributed by atoms with E-state index in [1.54, 1.807) is 0 Å². The van der Waals surface area contributed by atoms with Crippen molar-refractivity contribution in [3.63, 3.8) is 0 Å². The SMILES string of the molecule is CC(C)NCCCc1nc(-c2ccccc2)c(C(C)C)[nH]1. The van der Waals surface area contributed by atoms with Crippen LogP contribution in [0, 0.1) is 0 Å². The van der Waals surface area contributed by atoms with E-state index in [2.05, 4.69) is 62.3 Å². The van der Waals surface area contributed by atoms with E-state index in [0.717, 1.165) is 30.9 Å². The topological polar surface area (TPSA) is 40.7 Å². The molecule has 0 saturated carbocycles. The minimum Gasteiger partial charge on any atom is -0.345 e. The molecule has 0 bridgehead atoms. The number of hydrogen-bond donors (Lipinski definition) is 2. The summed E-state index contributed by atoms with van der Waals surface area (Å²) < 4.78 is 0. The molecule has 0 radical (unpaired) electrons. The Hall–Kier alpha value is -1.61. The van der Waals surface area contributed by atoms with E-state index in [0.29, 0.717) is 12.0 Å². The second kappa shape index (κ2) is 7.41. The summed E-state index contributed by atoms with van der Waals surface area (Å²) in [6.45, 7) is 9.82. The molecule has 0 spiro atoms. The molecular formula is C18H27N3. The van der Waals surface area contributed by atoms with Gasteiger partial charge in [-0.1, -0.05) is 58.0 Å². The van der Waals surface area contributed by atoms with Crippen molar-refractivity contribution in [2.45, 2.75) is 52.5 Å². The van der Waals surface area contributed by atoms with Crippen LogP contribution >= 0.6 is 0 Å². The molecule has 2 aromatic rings. The lowest BCUT2D eigenvalue weighted by Crippen LogP contribution is -2.24. The van der Waals surface area contributed by atoms with Crippen LogP contribution in [0.25, 0.3) is 11.3 Å². The Bertz CT molecular complexity index is 541. The molecule has 0 aliphatic carbocycles. The molecule has 2 N–H and O–H groups in total. The van der Waals surface area contributed by atoms with Crippen molar-refractivity contribution in [3.8, 4) is 11.3 Å². The number of rotatable bonds is 7. The van der Waals surface area contributed by atoms with Crippen LogP contribution in [0.4, 0.5) is 0 Å². The highest BCUT2D eigenvalue weighted by atomic mass is 14.9. The predicted octanol–water partition coefficient (Wildman–Crippen LogP) is 4.13. The van der Waals surface area contributed by atoms with Gasteiger partial charge in [-0.25, -0.2) is 4.98 Å². The monoisotopic (exact) mass is 285 g/mol. The third-order valence-electron chi connectivity index (χ3n) is 3.55. The highest BCUT2D eigenvalue weighted by molar-refractivity contribution is 5.62. The van der Waals surface area contributed by atoms with Gasteiger partial charge in [0, 0.05) is 23.7 Å². The largest absolute Gasteiger partial charge is 0.345 e. The van der Waals surface area contributed by atoms with E-state index in [1.807, 2.05) is 6.07 Å². The molecule has 1 heterocycles. The first-order valence-electron chi connectivity index (χ1n) is 7.95. The minimum absolute atomic E-state index is 0.454. The van der Waals surface area contributed by atoms with Crippen LogP contribution in [0.3, 0.4) is 0 Å². The molecule has 0 aliphatic rings. The fraction of sp³-hybridized carbons (Fsp3) is 0.500. The van der Waals surface area contributed by atoms with Gasteiger partial charge in [0.15, 0.2) is 0 Å². The van der Waals surface area contributed by atoms with Gasteiger partial charge in [-0.3, -0.25) is 0 Å². The Morgan fingerprint density at radius 1 is 1.10 bits per heavy atom. The van der Waals surface area contributed by atoms with Crippen LogP contribution in [-0.4, -0.2) is 22.6 Å². The maximum Gasteiger partial charge on any atom is 0.107 e. The van der Waals surface area contributed by atoms with Crippen molar-refractivity contribution in [1.29, 1.82) is 0 Å². The van der Waals surface area contributed by atoms with Crippen molar-refractivity contribution in [2.75, 3.05) is 6.54 Å². The molecule has 2 rings (SSSR count). The zero-order valence-electron chi connectivity index (χ0n) is 13.6. The predicted molar refractivity (Wildman–Crippen MR) is 89.6 cm³/mol. The highest BCUT2D eigenvalue weighted by Gasteiger charge is 2.14. The molecular weight excluding hydrogens is 258 g/mol. The molecule has 0 saturated heterocycles. The molecule has 114 valence electrons. The summed E-state index contributed by atoms with van der Waals surface area (Å²) in [5.41, 5.74) is 3.55. The molecule has 0 unspecified atom stereocenters. The van der Waals surface area contributed by atoms with Gasteiger partial charge < -0.3 is 10.3 Å². The van der Waals surface area contributed by atoms with E-state index in [4.69, 9.17) is 4.98 Å².